The molecule has 1 heterocycles. The molecule has 41 heavy (non-hydrogen) atoms. The SMILES string of the molecule is [O-][Cl+3]([O-])([O-])[O-].c1ccc(-c2ccc(-c3cc(-c4ccccc4)cc(-c4ccc(-c5ccccc5)cc4)[o+]3)cc2)cc1. The summed E-state index contributed by atoms with van der Waals surface area (Å²) in [4.78, 5) is 0. The molecule has 0 N–H and O–H groups in total. The van der Waals surface area contributed by atoms with Gasteiger partial charge in [-0.05, 0) is 52.1 Å². The maximum Gasteiger partial charge on any atom is 0.361 e. The predicted molar refractivity (Wildman–Crippen MR) is 150 cm³/mol. The van der Waals surface area contributed by atoms with Gasteiger partial charge in [-0.1, -0.05) is 115 Å². The minimum absolute atomic E-state index is 0.845. The molecule has 6 aromatic rings. The van der Waals surface area contributed by atoms with Crippen molar-refractivity contribution in [2.24, 2.45) is 0 Å². The lowest BCUT2D eigenvalue weighted by Gasteiger charge is -2.17. The molecule has 0 spiro atoms. The molecule has 0 saturated heterocycles. The quantitative estimate of drug-likeness (QED) is 0.272. The van der Waals surface area contributed by atoms with Crippen molar-refractivity contribution in [3.05, 3.63) is 152 Å². The van der Waals surface area contributed by atoms with Gasteiger partial charge in [0.1, 0.15) is 0 Å². The summed E-state index contributed by atoms with van der Waals surface area (Å²) in [5.41, 5.74) is 9.19. The van der Waals surface area contributed by atoms with Crippen LogP contribution >= 0.6 is 0 Å². The standard InChI is InChI=1S/C35H25O.ClHO4/c1-4-10-26(11-5-1)29-16-20-31(21-17-29)34-24-33(28-14-8-3-9-15-28)25-35(36-34)32-22-18-30(19-23-32)27-12-6-2-7-13-27;2-1(3,4)5/h1-25H;(H,2,3,4,5)/q+1;/p-1. The Morgan fingerprint density at radius 2 is 0.561 bits per heavy atom. The largest absolute Gasteiger partial charge is 0.361 e. The molecule has 0 aliphatic heterocycles. The zero-order valence-corrected chi connectivity index (χ0v) is 22.6. The first-order chi connectivity index (χ1) is 19.8. The van der Waals surface area contributed by atoms with E-state index in [-0.39, 0.29) is 0 Å². The summed E-state index contributed by atoms with van der Waals surface area (Å²) >= 11 is 0. The zero-order chi connectivity index (χ0) is 28.7. The van der Waals surface area contributed by atoms with Crippen LogP contribution in [0.25, 0.3) is 56.0 Å². The van der Waals surface area contributed by atoms with Crippen LogP contribution in [0.4, 0.5) is 0 Å². The molecule has 0 unspecified atom stereocenters. The lowest BCUT2D eigenvalue weighted by Crippen LogP contribution is -2.68. The van der Waals surface area contributed by atoms with Gasteiger partial charge in [-0.2, -0.15) is 0 Å². The fourth-order valence-electron chi connectivity index (χ4n) is 4.50. The Balaban J connectivity index is 0.000000623. The highest BCUT2D eigenvalue weighted by molar-refractivity contribution is 5.76. The summed E-state index contributed by atoms with van der Waals surface area (Å²) in [5, 5.41) is 0. The molecule has 0 bridgehead atoms. The summed E-state index contributed by atoms with van der Waals surface area (Å²) in [7, 11) is -4.94. The molecule has 1 aromatic heterocycles. The summed E-state index contributed by atoms with van der Waals surface area (Å²) in [6.07, 6.45) is 0. The van der Waals surface area contributed by atoms with Crippen molar-refractivity contribution in [2.75, 3.05) is 0 Å². The molecular weight excluding hydrogens is 536 g/mol. The molecule has 202 valence electrons. The highest BCUT2D eigenvalue weighted by Crippen LogP contribution is 2.34. The van der Waals surface area contributed by atoms with Crippen LogP contribution in [0, 0.1) is 10.2 Å². The molecule has 0 saturated carbocycles. The van der Waals surface area contributed by atoms with Crippen molar-refractivity contribution in [1.82, 2.24) is 0 Å². The molecular formula is C35H25ClO5. The van der Waals surface area contributed by atoms with Gasteiger partial charge in [-0.3, -0.25) is 0 Å². The van der Waals surface area contributed by atoms with E-state index >= 15 is 0 Å². The Kier molecular flexibility index (Phi) is 8.65. The smallest absolute Gasteiger partial charge is 0.222 e. The van der Waals surface area contributed by atoms with E-state index in [1.807, 2.05) is 18.2 Å². The van der Waals surface area contributed by atoms with E-state index in [9.17, 15) is 0 Å². The first-order valence-electron chi connectivity index (χ1n) is 12.8. The second kappa shape index (κ2) is 12.7. The second-order valence-electron chi connectivity index (χ2n) is 9.21. The van der Waals surface area contributed by atoms with Gasteiger partial charge >= 0.3 is 11.5 Å². The zero-order valence-electron chi connectivity index (χ0n) is 21.9. The van der Waals surface area contributed by atoms with Crippen molar-refractivity contribution >= 4 is 0 Å². The highest BCUT2D eigenvalue weighted by Gasteiger charge is 2.21. The van der Waals surface area contributed by atoms with E-state index in [4.69, 9.17) is 23.1 Å². The van der Waals surface area contributed by atoms with Crippen molar-refractivity contribution in [2.45, 2.75) is 0 Å². The highest BCUT2D eigenvalue weighted by atomic mass is 35.7. The average molecular weight is 561 g/mol. The number of rotatable bonds is 5. The minimum Gasteiger partial charge on any atom is -0.222 e. The van der Waals surface area contributed by atoms with Gasteiger partial charge in [0.2, 0.25) is 0 Å². The molecule has 0 aliphatic carbocycles. The molecule has 6 rings (SSSR count). The first-order valence-corrected chi connectivity index (χ1v) is 14.0. The van der Waals surface area contributed by atoms with E-state index in [0.29, 0.717) is 0 Å². The lowest BCUT2D eigenvalue weighted by atomic mass is 9.99. The molecule has 0 amide bonds. The van der Waals surface area contributed by atoms with Crippen molar-refractivity contribution in [3.8, 4) is 56.0 Å². The van der Waals surface area contributed by atoms with Crippen molar-refractivity contribution in [3.63, 3.8) is 0 Å². The van der Waals surface area contributed by atoms with E-state index in [2.05, 4.69) is 133 Å². The average Bonchev–Trinajstić information content (AvgIpc) is 3.01. The Hall–Kier alpha value is -4.62. The van der Waals surface area contributed by atoms with Gasteiger partial charge in [0.25, 0.3) is 0 Å². The van der Waals surface area contributed by atoms with Crippen LogP contribution in [0.5, 0.6) is 0 Å². The van der Waals surface area contributed by atoms with E-state index in [0.717, 1.165) is 33.8 Å². The second-order valence-corrected chi connectivity index (χ2v) is 9.96. The number of hydrogen-bond donors (Lipinski definition) is 0. The summed E-state index contributed by atoms with van der Waals surface area (Å²) < 4.78 is 40.5. The van der Waals surface area contributed by atoms with Gasteiger partial charge in [-0.25, -0.2) is 23.1 Å². The van der Waals surface area contributed by atoms with E-state index < -0.39 is 10.2 Å². The minimum atomic E-state index is -4.94. The third kappa shape index (κ3) is 7.74. The number of halogens is 1. The molecule has 6 heteroatoms. The molecule has 0 aliphatic rings. The first kappa shape index (κ1) is 27.9. The van der Waals surface area contributed by atoms with Crippen LogP contribution in [-0.2, 0) is 0 Å². The third-order valence-electron chi connectivity index (χ3n) is 6.45. The normalized spacial score (nSPS) is 10.9. The Morgan fingerprint density at radius 1 is 0.317 bits per heavy atom. The van der Waals surface area contributed by atoms with Crippen LogP contribution in [0.3, 0.4) is 0 Å². The monoisotopic (exact) mass is 560 g/mol. The van der Waals surface area contributed by atoms with Gasteiger partial charge in [0.15, 0.2) is 0 Å². The maximum atomic E-state index is 8.49. The Bertz CT molecular complexity index is 1580. The molecule has 5 nitrogen and oxygen atoms in total. The molecule has 0 fully saturated rings. The van der Waals surface area contributed by atoms with Crippen LogP contribution in [0.1, 0.15) is 0 Å². The van der Waals surface area contributed by atoms with Crippen molar-refractivity contribution < 1.29 is 33.3 Å². The van der Waals surface area contributed by atoms with Gasteiger partial charge in [-0.15, -0.1) is 10.2 Å². The molecule has 0 atom stereocenters. The predicted octanol–water partition coefficient (Wildman–Crippen LogP) is 5.14. The molecule has 5 aromatic carbocycles. The number of hydrogen-bond acceptors (Lipinski definition) is 4. The summed E-state index contributed by atoms with van der Waals surface area (Å²) in [6, 6.07) is 52.8. The van der Waals surface area contributed by atoms with Gasteiger partial charge < -0.3 is 0 Å². The third-order valence-corrected chi connectivity index (χ3v) is 6.45. The van der Waals surface area contributed by atoms with Crippen LogP contribution in [0.15, 0.2) is 156 Å². The van der Waals surface area contributed by atoms with Crippen LogP contribution in [-0.4, -0.2) is 0 Å². The summed E-state index contributed by atoms with van der Waals surface area (Å²) in [5.74, 6) is 1.69. The Morgan fingerprint density at radius 3 is 0.878 bits per heavy atom. The van der Waals surface area contributed by atoms with Crippen LogP contribution in [0.2, 0.25) is 0 Å². The fourth-order valence-corrected chi connectivity index (χ4v) is 4.50. The topological polar surface area (TPSA) is 104 Å². The lowest BCUT2D eigenvalue weighted by molar-refractivity contribution is -2.00. The van der Waals surface area contributed by atoms with E-state index in [1.165, 1.54) is 22.3 Å². The number of benzene rings is 5. The fraction of sp³-hybridized carbons (Fsp3) is 0. The van der Waals surface area contributed by atoms with Gasteiger partial charge in [0, 0.05) is 5.56 Å². The summed E-state index contributed by atoms with van der Waals surface area (Å²) in [6.45, 7) is 0. The van der Waals surface area contributed by atoms with Crippen LogP contribution < -0.4 is 18.6 Å². The van der Waals surface area contributed by atoms with E-state index in [1.54, 1.807) is 0 Å². The molecule has 0 radical (unpaired) electrons. The van der Waals surface area contributed by atoms with Crippen molar-refractivity contribution in [1.29, 1.82) is 0 Å². The maximum absolute atomic E-state index is 8.49. The Labute approximate surface area is 240 Å². The van der Waals surface area contributed by atoms with Gasteiger partial charge in [0.05, 0.1) is 23.3 Å².